The number of hydrogen-bond donors (Lipinski definition) is 1. The van der Waals surface area contributed by atoms with Crippen LogP contribution in [0.3, 0.4) is 0 Å². The van der Waals surface area contributed by atoms with E-state index in [0.717, 1.165) is 12.3 Å². The van der Waals surface area contributed by atoms with E-state index >= 15 is 0 Å². The number of hydrogen-bond acceptors (Lipinski definition) is 3. The zero-order valence-electron chi connectivity index (χ0n) is 13.2. The number of rotatable bonds is 5. The Hall–Kier alpha value is -1.06. The summed E-state index contributed by atoms with van der Waals surface area (Å²) in [5.41, 5.74) is 8.60. The Morgan fingerprint density at radius 1 is 1.40 bits per heavy atom. The van der Waals surface area contributed by atoms with Gasteiger partial charge >= 0.3 is 0 Å². The Bertz CT molecular complexity index is 445. The van der Waals surface area contributed by atoms with Crippen LogP contribution in [-0.4, -0.2) is 31.1 Å². The van der Waals surface area contributed by atoms with E-state index in [4.69, 9.17) is 10.5 Å². The van der Waals surface area contributed by atoms with E-state index in [2.05, 4.69) is 43.9 Å². The topological polar surface area (TPSA) is 38.5 Å². The minimum Gasteiger partial charge on any atom is -0.496 e. The molecule has 0 spiro atoms. The highest BCUT2D eigenvalue weighted by atomic mass is 16.5. The molecule has 20 heavy (non-hydrogen) atoms. The minimum atomic E-state index is 0.328. The molecule has 2 rings (SSSR count). The molecule has 0 aromatic heterocycles. The maximum atomic E-state index is 6.09. The van der Waals surface area contributed by atoms with Crippen LogP contribution in [0.2, 0.25) is 0 Å². The van der Waals surface area contributed by atoms with Gasteiger partial charge < -0.3 is 10.5 Å². The number of methoxy groups -OCH3 is 1. The first-order valence-corrected chi connectivity index (χ1v) is 7.68. The summed E-state index contributed by atoms with van der Waals surface area (Å²) in [4.78, 5) is 2.60. The fraction of sp³-hybridized carbons (Fsp3) is 0.647. The molecule has 1 saturated heterocycles. The van der Waals surface area contributed by atoms with Crippen LogP contribution >= 0.6 is 0 Å². The second kappa shape index (κ2) is 6.59. The van der Waals surface area contributed by atoms with E-state index in [-0.39, 0.29) is 0 Å². The Morgan fingerprint density at radius 3 is 2.70 bits per heavy atom. The predicted molar refractivity (Wildman–Crippen MR) is 84.1 cm³/mol. The van der Waals surface area contributed by atoms with Crippen molar-refractivity contribution in [1.82, 2.24) is 4.90 Å². The molecule has 3 heteroatoms. The lowest BCUT2D eigenvalue weighted by atomic mass is 9.97. The molecule has 0 bridgehead atoms. The molecule has 2 atom stereocenters. The van der Waals surface area contributed by atoms with Gasteiger partial charge in [-0.1, -0.05) is 26.0 Å². The molecule has 1 heterocycles. The maximum Gasteiger partial charge on any atom is 0.121 e. The van der Waals surface area contributed by atoms with Crippen LogP contribution in [0.15, 0.2) is 18.2 Å². The number of nitrogens with two attached hydrogens (primary N) is 1. The molecule has 0 radical (unpaired) electrons. The van der Waals surface area contributed by atoms with Gasteiger partial charge in [0.2, 0.25) is 0 Å². The molecule has 1 fully saturated rings. The first kappa shape index (κ1) is 15.3. The lowest BCUT2D eigenvalue weighted by molar-refractivity contribution is 0.149. The fourth-order valence-corrected chi connectivity index (χ4v) is 3.49. The first-order chi connectivity index (χ1) is 9.58. The summed E-state index contributed by atoms with van der Waals surface area (Å²) in [7, 11) is 1.72. The number of ether oxygens (including phenoxy) is 1. The van der Waals surface area contributed by atoms with Crippen LogP contribution in [0.4, 0.5) is 0 Å². The van der Waals surface area contributed by atoms with E-state index in [1.807, 2.05) is 0 Å². The molecule has 0 amide bonds. The molecular formula is C17H28N2O. The van der Waals surface area contributed by atoms with Gasteiger partial charge in [-0.2, -0.15) is 0 Å². The van der Waals surface area contributed by atoms with Crippen LogP contribution < -0.4 is 10.5 Å². The summed E-state index contributed by atoms with van der Waals surface area (Å²) in [6.07, 6.45) is 2.58. The second-order valence-electron chi connectivity index (χ2n) is 6.17. The van der Waals surface area contributed by atoms with Crippen molar-refractivity contribution in [3.63, 3.8) is 0 Å². The van der Waals surface area contributed by atoms with Gasteiger partial charge in [-0.25, -0.2) is 0 Å². The molecule has 0 saturated carbocycles. The average molecular weight is 276 g/mol. The molecule has 112 valence electrons. The van der Waals surface area contributed by atoms with E-state index in [1.165, 1.54) is 24.0 Å². The van der Waals surface area contributed by atoms with Gasteiger partial charge in [0.05, 0.1) is 7.11 Å². The third kappa shape index (κ3) is 2.99. The monoisotopic (exact) mass is 276 g/mol. The molecular weight excluding hydrogens is 248 g/mol. The van der Waals surface area contributed by atoms with Crippen LogP contribution in [0.25, 0.3) is 0 Å². The standard InChI is InChI=1S/C17H28N2O/c1-12(2)15-6-5-9-19(15)16(11-18)14-7-8-17(20-4)13(3)10-14/h7-8,10,12,15-16H,5-6,9,11,18H2,1-4H3. The molecule has 1 aromatic carbocycles. The normalized spacial score (nSPS) is 21.4. The van der Waals surface area contributed by atoms with Crippen molar-refractivity contribution in [2.75, 3.05) is 20.2 Å². The first-order valence-electron chi connectivity index (χ1n) is 7.68. The summed E-state index contributed by atoms with van der Waals surface area (Å²) in [6, 6.07) is 7.44. The van der Waals surface area contributed by atoms with Crippen LogP contribution in [0.1, 0.15) is 43.9 Å². The third-order valence-corrected chi connectivity index (χ3v) is 4.54. The van der Waals surface area contributed by atoms with Gasteiger partial charge in [0.25, 0.3) is 0 Å². The van der Waals surface area contributed by atoms with Gasteiger partial charge in [0, 0.05) is 18.6 Å². The van der Waals surface area contributed by atoms with Crippen molar-refractivity contribution < 1.29 is 4.74 Å². The smallest absolute Gasteiger partial charge is 0.121 e. The predicted octanol–water partition coefficient (Wildman–Crippen LogP) is 3.12. The van der Waals surface area contributed by atoms with Gasteiger partial charge in [0.1, 0.15) is 5.75 Å². The molecule has 2 N–H and O–H groups in total. The van der Waals surface area contributed by atoms with Gasteiger partial charge in [-0.05, 0) is 49.4 Å². The number of nitrogens with zero attached hydrogens (tertiary/aromatic N) is 1. The van der Waals surface area contributed by atoms with Crippen LogP contribution in [0.5, 0.6) is 5.75 Å². The summed E-state index contributed by atoms with van der Waals surface area (Å²) >= 11 is 0. The Morgan fingerprint density at radius 2 is 2.15 bits per heavy atom. The van der Waals surface area contributed by atoms with E-state index in [9.17, 15) is 0 Å². The van der Waals surface area contributed by atoms with Gasteiger partial charge in [-0.3, -0.25) is 4.90 Å². The van der Waals surface area contributed by atoms with Crippen LogP contribution in [-0.2, 0) is 0 Å². The van der Waals surface area contributed by atoms with Crippen molar-refractivity contribution in [2.45, 2.75) is 45.7 Å². The number of benzene rings is 1. The van der Waals surface area contributed by atoms with E-state index in [1.54, 1.807) is 7.11 Å². The summed E-state index contributed by atoms with van der Waals surface area (Å²) in [5, 5.41) is 0. The summed E-state index contributed by atoms with van der Waals surface area (Å²) in [5.74, 6) is 1.64. The van der Waals surface area contributed by atoms with Crippen molar-refractivity contribution in [3.05, 3.63) is 29.3 Å². The van der Waals surface area contributed by atoms with E-state index < -0.39 is 0 Å². The quantitative estimate of drug-likeness (QED) is 0.898. The Kier molecular flexibility index (Phi) is 5.06. The molecule has 2 unspecified atom stereocenters. The molecule has 0 aliphatic carbocycles. The average Bonchev–Trinajstić information content (AvgIpc) is 2.89. The van der Waals surface area contributed by atoms with Crippen molar-refractivity contribution in [1.29, 1.82) is 0 Å². The third-order valence-electron chi connectivity index (χ3n) is 4.54. The van der Waals surface area contributed by atoms with Gasteiger partial charge in [0.15, 0.2) is 0 Å². The van der Waals surface area contributed by atoms with Crippen molar-refractivity contribution >= 4 is 0 Å². The molecule has 1 aliphatic rings. The fourth-order valence-electron chi connectivity index (χ4n) is 3.49. The zero-order valence-corrected chi connectivity index (χ0v) is 13.2. The van der Waals surface area contributed by atoms with Crippen molar-refractivity contribution in [3.8, 4) is 5.75 Å². The molecule has 1 aliphatic heterocycles. The highest BCUT2D eigenvalue weighted by Gasteiger charge is 2.32. The number of aryl methyl sites for hydroxylation is 1. The zero-order chi connectivity index (χ0) is 14.7. The van der Waals surface area contributed by atoms with E-state index in [0.29, 0.717) is 24.5 Å². The van der Waals surface area contributed by atoms with Gasteiger partial charge in [-0.15, -0.1) is 0 Å². The minimum absolute atomic E-state index is 0.328. The maximum absolute atomic E-state index is 6.09. The highest BCUT2D eigenvalue weighted by Crippen LogP contribution is 2.33. The molecule has 1 aromatic rings. The summed E-state index contributed by atoms with van der Waals surface area (Å²) < 4.78 is 5.35. The van der Waals surface area contributed by atoms with Crippen molar-refractivity contribution in [2.24, 2.45) is 11.7 Å². The van der Waals surface area contributed by atoms with Crippen LogP contribution in [0, 0.1) is 12.8 Å². The Labute approximate surface area is 123 Å². The largest absolute Gasteiger partial charge is 0.496 e. The Balaban J connectivity index is 2.25. The molecule has 3 nitrogen and oxygen atoms in total. The SMILES string of the molecule is COc1ccc(C(CN)N2CCCC2C(C)C)cc1C. The second-order valence-corrected chi connectivity index (χ2v) is 6.17. The lowest BCUT2D eigenvalue weighted by Crippen LogP contribution is -2.40. The summed E-state index contributed by atoms with van der Waals surface area (Å²) in [6.45, 7) is 8.57. The highest BCUT2D eigenvalue weighted by molar-refractivity contribution is 5.37. The lowest BCUT2D eigenvalue weighted by Gasteiger charge is -2.35. The number of likely N-dealkylation sites (tertiary alicyclic amines) is 1.